The number of nitrogens with zero attached hydrogens (tertiary/aromatic N) is 3. The van der Waals surface area contributed by atoms with E-state index in [4.69, 9.17) is 0 Å². The number of hydrogen-bond acceptors (Lipinski definition) is 4. The second-order valence-corrected chi connectivity index (χ2v) is 8.79. The third kappa shape index (κ3) is 4.69. The fourth-order valence-corrected chi connectivity index (χ4v) is 4.62. The van der Waals surface area contributed by atoms with E-state index in [0.29, 0.717) is 22.9 Å². The molecule has 0 spiro atoms. The number of carbonyl (C=O) groups is 1. The first-order chi connectivity index (χ1) is 15.4. The molecule has 0 bridgehead atoms. The van der Waals surface area contributed by atoms with E-state index in [2.05, 4.69) is 4.98 Å². The van der Waals surface area contributed by atoms with Crippen LogP contribution < -0.4 is 4.90 Å². The standard InChI is InChI=1S/C25H23F2N3OS/c1-29(2)13-14-30(25-28-23-20(27)15-19(26)16-21(23)32-25)24(31)22(17-9-5-3-6-10-17)18-11-7-4-8-12-18/h3-12,15-16,22H,13-14H2,1-2H3. The van der Waals surface area contributed by atoms with E-state index in [1.807, 2.05) is 79.7 Å². The fraction of sp³-hybridized carbons (Fsp3) is 0.200. The Hall–Kier alpha value is -3.16. The molecule has 0 saturated heterocycles. The quantitative estimate of drug-likeness (QED) is 0.383. The number of hydrogen-bond donors (Lipinski definition) is 0. The van der Waals surface area contributed by atoms with Crippen LogP contribution in [0.4, 0.5) is 13.9 Å². The second kappa shape index (κ2) is 9.54. The summed E-state index contributed by atoms with van der Waals surface area (Å²) in [5, 5.41) is 0.355. The Bertz CT molecular complexity index is 1170. The molecule has 4 nitrogen and oxygen atoms in total. The van der Waals surface area contributed by atoms with Gasteiger partial charge in [0.1, 0.15) is 11.3 Å². The van der Waals surface area contributed by atoms with Gasteiger partial charge in [-0.1, -0.05) is 72.0 Å². The predicted molar refractivity (Wildman–Crippen MR) is 125 cm³/mol. The van der Waals surface area contributed by atoms with Gasteiger partial charge in [-0.3, -0.25) is 9.69 Å². The van der Waals surface area contributed by atoms with Crippen LogP contribution in [0.15, 0.2) is 72.8 Å². The Morgan fingerprint density at radius 1 is 0.938 bits per heavy atom. The van der Waals surface area contributed by atoms with Gasteiger partial charge in [0.15, 0.2) is 10.9 Å². The third-order valence-electron chi connectivity index (χ3n) is 5.18. The molecule has 7 heteroatoms. The number of carbonyl (C=O) groups excluding carboxylic acids is 1. The molecule has 0 radical (unpaired) electrons. The summed E-state index contributed by atoms with van der Waals surface area (Å²) in [6, 6.07) is 21.2. The largest absolute Gasteiger partial charge is 0.308 e. The van der Waals surface area contributed by atoms with Gasteiger partial charge in [0.25, 0.3) is 0 Å². The number of fused-ring (bicyclic) bond motifs is 1. The Kier molecular flexibility index (Phi) is 6.58. The Balaban J connectivity index is 1.81. The Morgan fingerprint density at radius 3 is 2.09 bits per heavy atom. The summed E-state index contributed by atoms with van der Waals surface area (Å²) < 4.78 is 28.4. The van der Waals surface area contributed by atoms with Crippen LogP contribution in [-0.2, 0) is 4.79 Å². The zero-order chi connectivity index (χ0) is 22.7. The first-order valence-corrected chi connectivity index (χ1v) is 11.1. The summed E-state index contributed by atoms with van der Waals surface area (Å²) in [5.74, 6) is -2.11. The highest BCUT2D eigenvalue weighted by Gasteiger charge is 2.30. The van der Waals surface area contributed by atoms with E-state index < -0.39 is 17.6 Å². The maximum atomic E-state index is 14.3. The number of aromatic nitrogens is 1. The number of halogens is 2. The van der Waals surface area contributed by atoms with Gasteiger partial charge in [-0.25, -0.2) is 13.8 Å². The molecule has 1 amide bonds. The Labute approximate surface area is 189 Å². The van der Waals surface area contributed by atoms with Crippen LogP contribution in [0.1, 0.15) is 17.0 Å². The second-order valence-electron chi connectivity index (χ2n) is 7.78. The molecule has 0 unspecified atom stereocenters. The minimum Gasteiger partial charge on any atom is -0.308 e. The highest BCUT2D eigenvalue weighted by atomic mass is 32.1. The van der Waals surface area contributed by atoms with Crippen molar-refractivity contribution in [3.63, 3.8) is 0 Å². The lowest BCUT2D eigenvalue weighted by atomic mass is 9.90. The SMILES string of the molecule is CN(C)CCN(C(=O)C(c1ccccc1)c1ccccc1)c1nc2c(F)cc(F)cc2s1. The summed E-state index contributed by atoms with van der Waals surface area (Å²) in [7, 11) is 3.84. The van der Waals surface area contributed by atoms with Gasteiger partial charge < -0.3 is 4.90 Å². The lowest BCUT2D eigenvalue weighted by Gasteiger charge is -2.27. The van der Waals surface area contributed by atoms with Crippen molar-refractivity contribution in [1.82, 2.24) is 9.88 Å². The molecule has 0 saturated carbocycles. The molecule has 0 N–H and O–H groups in total. The topological polar surface area (TPSA) is 36.4 Å². The van der Waals surface area contributed by atoms with Crippen LogP contribution in [0, 0.1) is 11.6 Å². The number of amides is 1. The Morgan fingerprint density at radius 2 is 1.53 bits per heavy atom. The van der Waals surface area contributed by atoms with E-state index in [-0.39, 0.29) is 11.4 Å². The van der Waals surface area contributed by atoms with Crippen molar-refractivity contribution < 1.29 is 13.6 Å². The number of likely N-dealkylation sites (N-methyl/N-ethyl adjacent to an activating group) is 1. The van der Waals surface area contributed by atoms with Crippen molar-refractivity contribution in [3.05, 3.63) is 95.6 Å². The summed E-state index contributed by atoms with van der Waals surface area (Å²) in [4.78, 5) is 21.9. The van der Waals surface area contributed by atoms with E-state index in [9.17, 15) is 13.6 Å². The first kappa shape index (κ1) is 22.0. The molecule has 0 fully saturated rings. The van der Waals surface area contributed by atoms with Crippen LogP contribution in [0.5, 0.6) is 0 Å². The van der Waals surface area contributed by atoms with E-state index in [0.717, 1.165) is 28.5 Å². The first-order valence-electron chi connectivity index (χ1n) is 10.3. The summed E-state index contributed by atoms with van der Waals surface area (Å²) in [6.07, 6.45) is 0. The fourth-order valence-electron chi connectivity index (χ4n) is 3.59. The van der Waals surface area contributed by atoms with Gasteiger partial charge in [0.2, 0.25) is 5.91 Å². The van der Waals surface area contributed by atoms with Crippen molar-refractivity contribution >= 4 is 32.6 Å². The smallest absolute Gasteiger partial charge is 0.240 e. The molecule has 0 aliphatic carbocycles. The zero-order valence-corrected chi connectivity index (χ0v) is 18.7. The highest BCUT2D eigenvalue weighted by molar-refractivity contribution is 7.22. The maximum absolute atomic E-state index is 14.3. The van der Waals surface area contributed by atoms with Crippen molar-refractivity contribution in [2.45, 2.75) is 5.92 Å². The molecular weight excluding hydrogens is 428 g/mol. The van der Waals surface area contributed by atoms with Crippen LogP contribution in [0.3, 0.4) is 0 Å². The van der Waals surface area contributed by atoms with Crippen LogP contribution in [-0.4, -0.2) is 43.0 Å². The lowest BCUT2D eigenvalue weighted by Crippen LogP contribution is -2.40. The molecule has 4 aromatic rings. The molecule has 32 heavy (non-hydrogen) atoms. The van der Waals surface area contributed by atoms with Crippen molar-refractivity contribution in [2.75, 3.05) is 32.1 Å². The molecule has 3 aromatic carbocycles. The molecule has 4 rings (SSSR count). The average Bonchev–Trinajstić information content (AvgIpc) is 3.19. The van der Waals surface area contributed by atoms with Gasteiger partial charge in [-0.2, -0.15) is 0 Å². The monoisotopic (exact) mass is 451 g/mol. The normalized spacial score (nSPS) is 11.4. The van der Waals surface area contributed by atoms with Gasteiger partial charge in [0.05, 0.1) is 10.6 Å². The number of rotatable bonds is 7. The predicted octanol–water partition coefficient (Wildman–Crippen LogP) is 5.30. The zero-order valence-electron chi connectivity index (χ0n) is 17.8. The molecule has 1 heterocycles. The minimum absolute atomic E-state index is 0.0741. The van der Waals surface area contributed by atoms with E-state index in [1.54, 1.807) is 4.90 Å². The molecule has 1 aromatic heterocycles. The number of benzene rings is 3. The van der Waals surface area contributed by atoms with Gasteiger partial charge >= 0.3 is 0 Å². The molecular formula is C25H23F2N3OS. The number of anilines is 1. The third-order valence-corrected chi connectivity index (χ3v) is 6.21. The maximum Gasteiger partial charge on any atom is 0.240 e. The molecule has 0 aliphatic rings. The summed E-state index contributed by atoms with van der Waals surface area (Å²) in [6.45, 7) is 0.959. The summed E-state index contributed by atoms with van der Waals surface area (Å²) in [5.41, 5.74) is 1.79. The lowest BCUT2D eigenvalue weighted by molar-refractivity contribution is -0.119. The van der Waals surface area contributed by atoms with Gasteiger partial charge in [-0.05, 0) is 31.3 Å². The summed E-state index contributed by atoms with van der Waals surface area (Å²) >= 11 is 1.12. The van der Waals surface area contributed by atoms with Crippen molar-refractivity contribution in [2.24, 2.45) is 0 Å². The van der Waals surface area contributed by atoms with Gasteiger partial charge in [0, 0.05) is 19.2 Å². The average molecular weight is 452 g/mol. The van der Waals surface area contributed by atoms with E-state index in [1.165, 1.54) is 6.07 Å². The molecule has 0 atom stereocenters. The van der Waals surface area contributed by atoms with Crippen LogP contribution in [0.2, 0.25) is 0 Å². The van der Waals surface area contributed by atoms with Crippen LogP contribution in [0.25, 0.3) is 10.2 Å². The van der Waals surface area contributed by atoms with Crippen LogP contribution >= 0.6 is 11.3 Å². The number of thiazole rings is 1. The highest BCUT2D eigenvalue weighted by Crippen LogP contribution is 2.34. The van der Waals surface area contributed by atoms with E-state index >= 15 is 0 Å². The van der Waals surface area contributed by atoms with Crippen molar-refractivity contribution in [3.8, 4) is 0 Å². The molecule has 0 aliphatic heterocycles. The van der Waals surface area contributed by atoms with Crippen molar-refractivity contribution in [1.29, 1.82) is 0 Å². The molecule has 164 valence electrons. The minimum atomic E-state index is -0.731. The van der Waals surface area contributed by atoms with Gasteiger partial charge in [-0.15, -0.1) is 0 Å².